The first-order valence-corrected chi connectivity index (χ1v) is 8.68. The molecular formula is C16H27N3OS. The summed E-state index contributed by atoms with van der Waals surface area (Å²) in [6.45, 7) is 4.86. The largest absolute Gasteiger partial charge is 0.348 e. The van der Waals surface area contributed by atoms with E-state index in [2.05, 4.69) is 34.0 Å². The van der Waals surface area contributed by atoms with Crippen LogP contribution in [0.3, 0.4) is 0 Å². The molecule has 1 aliphatic rings. The molecule has 0 aliphatic carbocycles. The second-order valence-electron chi connectivity index (χ2n) is 6.24. The molecule has 2 rings (SSSR count). The number of likely N-dealkylation sites (N-methyl/N-ethyl adjacent to an activating group) is 1. The Morgan fingerprint density at radius 2 is 2.19 bits per heavy atom. The summed E-state index contributed by atoms with van der Waals surface area (Å²) in [5.74, 6) is 0.201. The van der Waals surface area contributed by atoms with Crippen molar-refractivity contribution >= 4 is 17.2 Å². The molecule has 1 aromatic heterocycles. The van der Waals surface area contributed by atoms with Gasteiger partial charge in [-0.1, -0.05) is 0 Å². The molecule has 21 heavy (non-hydrogen) atoms. The molecule has 1 unspecified atom stereocenters. The highest BCUT2D eigenvalue weighted by molar-refractivity contribution is 7.07. The molecule has 1 N–H and O–H groups in total. The van der Waals surface area contributed by atoms with E-state index in [1.165, 1.54) is 5.56 Å². The summed E-state index contributed by atoms with van der Waals surface area (Å²) in [6, 6.07) is 3.31. The number of thiophene rings is 1. The molecule has 1 aromatic rings. The van der Waals surface area contributed by atoms with Gasteiger partial charge in [-0.25, -0.2) is 0 Å². The van der Waals surface area contributed by atoms with Crippen LogP contribution in [0.4, 0.5) is 0 Å². The van der Waals surface area contributed by atoms with E-state index >= 15 is 0 Å². The summed E-state index contributed by atoms with van der Waals surface area (Å²) < 4.78 is 0. The van der Waals surface area contributed by atoms with Gasteiger partial charge in [0, 0.05) is 39.3 Å². The number of piperidine rings is 1. The number of rotatable bonds is 6. The van der Waals surface area contributed by atoms with Crippen LogP contribution in [0.1, 0.15) is 25.3 Å². The summed E-state index contributed by atoms with van der Waals surface area (Å²) in [5, 5.41) is 8.11. The molecule has 1 saturated heterocycles. The van der Waals surface area contributed by atoms with Crippen molar-refractivity contribution in [1.29, 1.82) is 0 Å². The van der Waals surface area contributed by atoms with Crippen LogP contribution in [-0.4, -0.2) is 61.5 Å². The fourth-order valence-electron chi connectivity index (χ4n) is 2.81. The van der Waals surface area contributed by atoms with Gasteiger partial charge in [-0.2, -0.15) is 11.3 Å². The third kappa shape index (κ3) is 5.41. The van der Waals surface area contributed by atoms with E-state index in [9.17, 15) is 4.79 Å². The number of hydrogen-bond acceptors (Lipinski definition) is 4. The van der Waals surface area contributed by atoms with E-state index in [4.69, 9.17) is 0 Å². The van der Waals surface area contributed by atoms with E-state index in [0.717, 1.165) is 32.4 Å². The molecule has 2 heterocycles. The molecule has 5 heteroatoms. The first-order chi connectivity index (χ1) is 10.0. The summed E-state index contributed by atoms with van der Waals surface area (Å²) in [4.78, 5) is 15.7. The Bertz CT molecular complexity index is 425. The molecule has 1 atom stereocenters. The minimum atomic E-state index is 0.201. The molecule has 0 bridgehead atoms. The van der Waals surface area contributed by atoms with Gasteiger partial charge in [-0.15, -0.1) is 0 Å². The average molecular weight is 309 g/mol. The normalized spacial score (nSPS) is 18.6. The van der Waals surface area contributed by atoms with Crippen molar-refractivity contribution in [1.82, 2.24) is 15.1 Å². The Morgan fingerprint density at radius 3 is 2.76 bits per heavy atom. The predicted octanol–water partition coefficient (Wildman–Crippen LogP) is 1.82. The number of nitrogens with zero attached hydrogens (tertiary/aromatic N) is 2. The van der Waals surface area contributed by atoms with E-state index < -0.39 is 0 Å². The predicted molar refractivity (Wildman–Crippen MR) is 88.8 cm³/mol. The quantitative estimate of drug-likeness (QED) is 0.871. The molecule has 0 saturated carbocycles. The number of likely N-dealkylation sites (tertiary alicyclic amines) is 1. The van der Waals surface area contributed by atoms with Gasteiger partial charge in [0.25, 0.3) is 0 Å². The molecule has 0 radical (unpaired) electrons. The lowest BCUT2D eigenvalue weighted by atomic mass is 10.0. The maximum Gasteiger partial charge on any atom is 0.236 e. The topological polar surface area (TPSA) is 35.6 Å². The first kappa shape index (κ1) is 16.5. The summed E-state index contributed by atoms with van der Waals surface area (Å²) >= 11 is 1.77. The minimum absolute atomic E-state index is 0.201. The molecular weight excluding hydrogens is 282 g/mol. The number of amides is 1. The Balaban J connectivity index is 1.68. The van der Waals surface area contributed by atoms with Crippen LogP contribution in [0, 0.1) is 0 Å². The second kappa shape index (κ2) is 7.92. The highest BCUT2D eigenvalue weighted by atomic mass is 32.1. The van der Waals surface area contributed by atoms with Crippen molar-refractivity contribution in [3.63, 3.8) is 0 Å². The van der Waals surface area contributed by atoms with Crippen molar-refractivity contribution < 1.29 is 4.79 Å². The third-order valence-corrected chi connectivity index (χ3v) is 4.82. The van der Waals surface area contributed by atoms with Crippen molar-refractivity contribution in [2.75, 3.05) is 33.7 Å². The van der Waals surface area contributed by atoms with Crippen LogP contribution in [-0.2, 0) is 11.2 Å². The van der Waals surface area contributed by atoms with Gasteiger partial charge in [-0.05, 0) is 48.6 Å². The average Bonchev–Trinajstić information content (AvgIpc) is 2.93. The zero-order chi connectivity index (χ0) is 15.2. The Labute approximate surface area is 132 Å². The highest BCUT2D eigenvalue weighted by Gasteiger charge is 2.22. The number of carbonyl (C=O) groups excluding carboxylic acids is 1. The minimum Gasteiger partial charge on any atom is -0.348 e. The van der Waals surface area contributed by atoms with E-state index in [1.807, 2.05) is 14.1 Å². The van der Waals surface area contributed by atoms with Crippen molar-refractivity contribution in [3.05, 3.63) is 22.4 Å². The van der Waals surface area contributed by atoms with Crippen LogP contribution in [0.2, 0.25) is 0 Å². The number of hydrogen-bond donors (Lipinski definition) is 1. The lowest BCUT2D eigenvalue weighted by Crippen LogP contribution is -2.48. The smallest absolute Gasteiger partial charge is 0.236 e. The van der Waals surface area contributed by atoms with Crippen molar-refractivity contribution in [2.24, 2.45) is 0 Å². The zero-order valence-electron chi connectivity index (χ0n) is 13.3. The lowest BCUT2D eigenvalue weighted by molar-refractivity contribution is -0.130. The molecule has 0 aromatic carbocycles. The maximum absolute atomic E-state index is 11.7. The Hall–Kier alpha value is -0.910. The Kier molecular flexibility index (Phi) is 6.21. The SMILES string of the molecule is CC(Cc1ccsc1)NC1CCN(CC(=O)N(C)C)CC1. The van der Waals surface area contributed by atoms with Gasteiger partial charge in [-0.3, -0.25) is 9.69 Å². The molecule has 0 spiro atoms. The van der Waals surface area contributed by atoms with Gasteiger partial charge in [0.2, 0.25) is 5.91 Å². The fourth-order valence-corrected chi connectivity index (χ4v) is 3.50. The molecule has 1 aliphatic heterocycles. The van der Waals surface area contributed by atoms with Gasteiger partial charge in [0.05, 0.1) is 6.54 Å². The van der Waals surface area contributed by atoms with Gasteiger partial charge >= 0.3 is 0 Å². The second-order valence-corrected chi connectivity index (χ2v) is 7.02. The number of nitrogens with one attached hydrogen (secondary N) is 1. The number of carbonyl (C=O) groups is 1. The van der Waals surface area contributed by atoms with Crippen LogP contribution in [0.5, 0.6) is 0 Å². The van der Waals surface area contributed by atoms with Crippen LogP contribution in [0.15, 0.2) is 16.8 Å². The fraction of sp³-hybridized carbons (Fsp3) is 0.688. The summed E-state index contributed by atoms with van der Waals surface area (Å²) in [7, 11) is 3.64. The first-order valence-electron chi connectivity index (χ1n) is 7.74. The summed E-state index contributed by atoms with van der Waals surface area (Å²) in [6.07, 6.45) is 3.37. The van der Waals surface area contributed by atoms with Gasteiger partial charge in [0.15, 0.2) is 0 Å². The standard InChI is InChI=1S/C16H27N3OS/c1-13(10-14-6-9-21-12-14)17-15-4-7-19(8-5-15)11-16(20)18(2)3/h6,9,12-13,15,17H,4-5,7-8,10-11H2,1-3H3. The van der Waals surface area contributed by atoms with Gasteiger partial charge < -0.3 is 10.2 Å². The van der Waals surface area contributed by atoms with Crippen molar-refractivity contribution in [2.45, 2.75) is 38.3 Å². The highest BCUT2D eigenvalue weighted by Crippen LogP contribution is 2.13. The van der Waals surface area contributed by atoms with E-state index in [1.54, 1.807) is 16.2 Å². The summed E-state index contributed by atoms with van der Waals surface area (Å²) in [5.41, 5.74) is 1.43. The van der Waals surface area contributed by atoms with E-state index in [-0.39, 0.29) is 5.91 Å². The van der Waals surface area contributed by atoms with Gasteiger partial charge in [0.1, 0.15) is 0 Å². The van der Waals surface area contributed by atoms with Crippen LogP contribution in [0.25, 0.3) is 0 Å². The molecule has 1 amide bonds. The van der Waals surface area contributed by atoms with E-state index in [0.29, 0.717) is 18.6 Å². The lowest BCUT2D eigenvalue weighted by Gasteiger charge is -2.34. The zero-order valence-corrected chi connectivity index (χ0v) is 14.2. The Morgan fingerprint density at radius 1 is 1.48 bits per heavy atom. The third-order valence-electron chi connectivity index (χ3n) is 4.09. The van der Waals surface area contributed by atoms with Crippen LogP contribution >= 0.6 is 11.3 Å². The van der Waals surface area contributed by atoms with Crippen molar-refractivity contribution in [3.8, 4) is 0 Å². The maximum atomic E-state index is 11.7. The molecule has 1 fully saturated rings. The van der Waals surface area contributed by atoms with Crippen LogP contribution < -0.4 is 5.32 Å². The molecule has 118 valence electrons. The monoisotopic (exact) mass is 309 g/mol. The molecule has 4 nitrogen and oxygen atoms in total.